The van der Waals surface area contributed by atoms with Crippen molar-refractivity contribution >= 4 is 12.4 Å². The van der Waals surface area contributed by atoms with E-state index in [9.17, 15) is 5.11 Å². The van der Waals surface area contributed by atoms with Crippen molar-refractivity contribution in [2.45, 2.75) is 50.5 Å². The number of hydrogen-bond donors (Lipinski definition) is 2. The lowest BCUT2D eigenvalue weighted by Crippen LogP contribution is -2.14. The highest BCUT2D eigenvalue weighted by atomic mass is 35.5. The van der Waals surface area contributed by atoms with Gasteiger partial charge in [0.1, 0.15) is 5.75 Å². The van der Waals surface area contributed by atoms with Gasteiger partial charge in [-0.25, -0.2) is 0 Å². The Bertz CT molecular complexity index is 608. The molecule has 3 rings (SSSR count). The van der Waals surface area contributed by atoms with Crippen molar-refractivity contribution in [3.05, 3.63) is 65.2 Å². The number of nitrogens with two attached hydrogens (primary N) is 1. The maximum Gasteiger partial charge on any atom is 0.120 e. The molecule has 0 radical (unpaired) electrons. The lowest BCUT2D eigenvalue weighted by atomic mass is 9.83. The van der Waals surface area contributed by atoms with Gasteiger partial charge in [-0.2, -0.15) is 0 Å². The summed E-state index contributed by atoms with van der Waals surface area (Å²) in [7, 11) is 0. The predicted molar refractivity (Wildman–Crippen MR) is 98.3 cm³/mol. The first-order valence-electron chi connectivity index (χ1n) is 8.36. The molecule has 0 saturated heterocycles. The van der Waals surface area contributed by atoms with E-state index < -0.39 is 0 Å². The predicted octanol–water partition coefficient (Wildman–Crippen LogP) is 5.10. The van der Waals surface area contributed by atoms with Crippen molar-refractivity contribution in [1.29, 1.82) is 0 Å². The van der Waals surface area contributed by atoms with Crippen molar-refractivity contribution in [3.63, 3.8) is 0 Å². The molecule has 23 heavy (non-hydrogen) atoms. The molecule has 1 fully saturated rings. The molecule has 3 heteroatoms. The zero-order valence-corrected chi connectivity index (χ0v) is 14.3. The zero-order valence-electron chi connectivity index (χ0n) is 13.4. The summed E-state index contributed by atoms with van der Waals surface area (Å²) in [4.78, 5) is 0. The van der Waals surface area contributed by atoms with Gasteiger partial charge in [-0.15, -0.1) is 12.4 Å². The smallest absolute Gasteiger partial charge is 0.120 e. The fourth-order valence-corrected chi connectivity index (χ4v) is 3.54. The van der Waals surface area contributed by atoms with Gasteiger partial charge in [0.05, 0.1) is 0 Å². The minimum absolute atomic E-state index is 0. The Morgan fingerprint density at radius 1 is 1.00 bits per heavy atom. The third kappa shape index (κ3) is 4.49. The molecular weight excluding hydrogens is 306 g/mol. The van der Waals surface area contributed by atoms with E-state index in [0.29, 0.717) is 11.7 Å². The summed E-state index contributed by atoms with van der Waals surface area (Å²) in [5.74, 6) is 0.958. The fraction of sp³-hybridized carbons (Fsp3) is 0.400. The first-order chi connectivity index (χ1) is 10.7. The third-order valence-corrected chi connectivity index (χ3v) is 4.83. The molecule has 0 spiro atoms. The summed E-state index contributed by atoms with van der Waals surface area (Å²) in [5, 5.41) is 10.2. The van der Waals surface area contributed by atoms with Crippen LogP contribution in [0.4, 0.5) is 0 Å². The van der Waals surface area contributed by atoms with E-state index in [0.717, 1.165) is 12.0 Å². The maximum atomic E-state index is 10.2. The van der Waals surface area contributed by atoms with E-state index in [2.05, 4.69) is 24.3 Å². The van der Waals surface area contributed by atoms with Crippen molar-refractivity contribution in [2.24, 2.45) is 5.73 Å². The van der Waals surface area contributed by atoms with Gasteiger partial charge in [0.2, 0.25) is 0 Å². The second-order valence-corrected chi connectivity index (χ2v) is 6.45. The molecule has 1 atom stereocenters. The summed E-state index contributed by atoms with van der Waals surface area (Å²) in [6, 6.07) is 16.1. The first kappa shape index (κ1) is 17.8. The van der Waals surface area contributed by atoms with Crippen LogP contribution in [0.2, 0.25) is 0 Å². The highest BCUT2D eigenvalue weighted by Gasteiger charge is 2.19. The van der Waals surface area contributed by atoms with Crippen molar-refractivity contribution in [1.82, 2.24) is 0 Å². The standard InChI is InChI=1S/C20H25NO.ClH/c21-19(13-15-7-3-1-4-8-15)18-14-17(11-12-20(18)22)16-9-5-2-6-10-16;/h1,3-4,7-8,11-12,14,16,19,22H,2,5-6,9-10,13,21H2;1H. The fourth-order valence-electron chi connectivity index (χ4n) is 3.54. The highest BCUT2D eigenvalue weighted by molar-refractivity contribution is 5.85. The topological polar surface area (TPSA) is 46.2 Å². The molecule has 0 amide bonds. The van der Waals surface area contributed by atoms with Crippen LogP contribution >= 0.6 is 12.4 Å². The molecule has 2 aromatic carbocycles. The maximum absolute atomic E-state index is 10.2. The highest BCUT2D eigenvalue weighted by Crippen LogP contribution is 2.36. The summed E-state index contributed by atoms with van der Waals surface area (Å²) >= 11 is 0. The summed E-state index contributed by atoms with van der Waals surface area (Å²) in [6.45, 7) is 0. The van der Waals surface area contributed by atoms with Crippen LogP contribution in [0, 0.1) is 0 Å². The van der Waals surface area contributed by atoms with E-state index in [4.69, 9.17) is 5.73 Å². The van der Waals surface area contributed by atoms with Crippen molar-refractivity contribution < 1.29 is 5.11 Å². The quantitative estimate of drug-likeness (QED) is 0.818. The summed E-state index contributed by atoms with van der Waals surface area (Å²) in [5.41, 5.74) is 9.80. The largest absolute Gasteiger partial charge is 0.508 e. The molecule has 2 nitrogen and oxygen atoms in total. The Morgan fingerprint density at radius 2 is 1.70 bits per heavy atom. The second kappa shape index (κ2) is 8.37. The molecule has 0 heterocycles. The van der Waals surface area contributed by atoms with Crippen LogP contribution < -0.4 is 5.73 Å². The molecule has 1 unspecified atom stereocenters. The monoisotopic (exact) mass is 331 g/mol. The molecular formula is C20H26ClNO. The van der Waals surface area contributed by atoms with Crippen molar-refractivity contribution in [3.8, 4) is 5.75 Å². The molecule has 1 saturated carbocycles. The van der Waals surface area contributed by atoms with Crippen LogP contribution in [-0.4, -0.2) is 5.11 Å². The van der Waals surface area contributed by atoms with Gasteiger partial charge in [-0.3, -0.25) is 0 Å². The third-order valence-electron chi connectivity index (χ3n) is 4.83. The Balaban J connectivity index is 0.00000192. The van der Waals surface area contributed by atoms with E-state index in [1.54, 1.807) is 0 Å². The van der Waals surface area contributed by atoms with E-state index in [1.165, 1.54) is 43.2 Å². The normalized spacial score (nSPS) is 16.6. The van der Waals surface area contributed by atoms with Crippen LogP contribution in [0.25, 0.3) is 0 Å². The molecule has 0 bridgehead atoms. The van der Waals surface area contributed by atoms with Crippen LogP contribution in [-0.2, 0) is 6.42 Å². The lowest BCUT2D eigenvalue weighted by Gasteiger charge is -2.23. The Hall–Kier alpha value is -1.51. The first-order valence-corrected chi connectivity index (χ1v) is 8.36. The minimum Gasteiger partial charge on any atom is -0.508 e. The number of hydrogen-bond acceptors (Lipinski definition) is 2. The van der Waals surface area contributed by atoms with Gasteiger partial charge in [0.25, 0.3) is 0 Å². The van der Waals surface area contributed by atoms with Gasteiger partial charge < -0.3 is 10.8 Å². The number of benzene rings is 2. The molecule has 0 aromatic heterocycles. The lowest BCUT2D eigenvalue weighted by molar-refractivity contribution is 0.439. The van der Waals surface area contributed by atoms with Gasteiger partial charge >= 0.3 is 0 Å². The molecule has 0 aliphatic heterocycles. The van der Waals surface area contributed by atoms with Crippen LogP contribution in [0.5, 0.6) is 5.75 Å². The van der Waals surface area contributed by atoms with E-state index >= 15 is 0 Å². The number of phenols is 1. The Kier molecular flexibility index (Phi) is 6.49. The number of halogens is 1. The van der Waals surface area contributed by atoms with Crippen LogP contribution in [0.3, 0.4) is 0 Å². The van der Waals surface area contributed by atoms with E-state index in [1.807, 2.05) is 24.3 Å². The zero-order chi connectivity index (χ0) is 15.4. The second-order valence-electron chi connectivity index (χ2n) is 6.45. The SMILES string of the molecule is Cl.NC(Cc1ccccc1)c1cc(C2CCCCC2)ccc1O. The number of phenolic OH excluding ortho intramolecular Hbond substituents is 1. The Labute approximate surface area is 145 Å². The number of rotatable bonds is 4. The summed E-state index contributed by atoms with van der Waals surface area (Å²) < 4.78 is 0. The van der Waals surface area contributed by atoms with Gasteiger partial charge in [-0.1, -0.05) is 61.7 Å². The molecule has 1 aliphatic carbocycles. The minimum atomic E-state index is -0.161. The molecule has 1 aliphatic rings. The summed E-state index contributed by atoms with van der Waals surface area (Å²) in [6.07, 6.45) is 7.27. The Morgan fingerprint density at radius 3 is 2.39 bits per heavy atom. The van der Waals surface area contributed by atoms with Gasteiger partial charge in [0.15, 0.2) is 0 Å². The number of aromatic hydroxyl groups is 1. The van der Waals surface area contributed by atoms with Crippen molar-refractivity contribution in [2.75, 3.05) is 0 Å². The average Bonchev–Trinajstić information content (AvgIpc) is 2.57. The van der Waals surface area contributed by atoms with Crippen LogP contribution in [0.15, 0.2) is 48.5 Å². The van der Waals surface area contributed by atoms with Crippen LogP contribution in [0.1, 0.15) is 60.8 Å². The molecule has 3 N–H and O–H groups in total. The van der Waals surface area contributed by atoms with E-state index in [-0.39, 0.29) is 18.4 Å². The average molecular weight is 332 g/mol. The van der Waals surface area contributed by atoms with Gasteiger partial charge in [0, 0.05) is 11.6 Å². The molecule has 124 valence electrons. The van der Waals surface area contributed by atoms with Gasteiger partial charge in [-0.05, 0) is 42.4 Å². The molecule has 2 aromatic rings.